The number of carbonyl (C=O) groups excluding carboxylic acids is 1. The van der Waals surface area contributed by atoms with E-state index in [0.29, 0.717) is 18.8 Å². The molecule has 8 nitrogen and oxygen atoms in total. The molecule has 1 aliphatic heterocycles. The van der Waals surface area contributed by atoms with E-state index in [1.54, 1.807) is 13.2 Å². The molecule has 1 amide bonds. The number of hydrogen-bond donors (Lipinski definition) is 1. The van der Waals surface area contributed by atoms with Crippen molar-refractivity contribution in [3.05, 3.63) is 58.5 Å². The summed E-state index contributed by atoms with van der Waals surface area (Å²) in [6.45, 7) is 0.919. The molecule has 1 saturated heterocycles. The second-order valence-corrected chi connectivity index (χ2v) is 8.47. The van der Waals surface area contributed by atoms with Crippen LogP contribution in [0.2, 0.25) is 0 Å². The summed E-state index contributed by atoms with van der Waals surface area (Å²) >= 11 is 0. The van der Waals surface area contributed by atoms with Gasteiger partial charge in [0.05, 0.1) is 12.0 Å². The summed E-state index contributed by atoms with van der Waals surface area (Å²) < 4.78 is 33.1. The van der Waals surface area contributed by atoms with Crippen LogP contribution in [0.4, 0.5) is 0 Å². The van der Waals surface area contributed by atoms with Gasteiger partial charge in [-0.05, 0) is 25.0 Å². The number of nitrogens with one attached hydrogen (secondary N) is 1. The molecule has 2 heterocycles. The zero-order valence-corrected chi connectivity index (χ0v) is 16.4. The topological polar surface area (TPSA) is 97.7 Å². The molecule has 9 heteroatoms. The van der Waals surface area contributed by atoms with E-state index in [1.807, 2.05) is 18.2 Å². The van der Waals surface area contributed by atoms with Crippen molar-refractivity contribution in [2.24, 2.45) is 0 Å². The first-order chi connectivity index (χ1) is 13.4. The lowest BCUT2D eigenvalue weighted by molar-refractivity contribution is -0.121. The number of pyridine rings is 1. The third-order valence-electron chi connectivity index (χ3n) is 4.64. The average molecular weight is 405 g/mol. The van der Waals surface area contributed by atoms with Crippen LogP contribution in [0.25, 0.3) is 0 Å². The van der Waals surface area contributed by atoms with E-state index >= 15 is 0 Å². The Balaban J connectivity index is 1.71. The molecule has 28 heavy (non-hydrogen) atoms. The van der Waals surface area contributed by atoms with Gasteiger partial charge in [-0.1, -0.05) is 18.2 Å². The largest absolute Gasteiger partial charge is 0.496 e. The fourth-order valence-electron chi connectivity index (χ4n) is 3.12. The summed E-state index contributed by atoms with van der Waals surface area (Å²) in [6.07, 6.45) is 2.88. The van der Waals surface area contributed by atoms with Gasteiger partial charge in [0.1, 0.15) is 12.3 Å². The fourth-order valence-corrected chi connectivity index (χ4v) is 4.65. The summed E-state index contributed by atoms with van der Waals surface area (Å²) in [6, 6.07) is 9.75. The first kappa shape index (κ1) is 20.1. The van der Waals surface area contributed by atoms with Crippen molar-refractivity contribution in [1.29, 1.82) is 0 Å². The van der Waals surface area contributed by atoms with Crippen LogP contribution in [0, 0.1) is 0 Å². The van der Waals surface area contributed by atoms with E-state index in [4.69, 9.17) is 4.74 Å². The number of sulfonamides is 1. The van der Waals surface area contributed by atoms with Crippen molar-refractivity contribution in [3.63, 3.8) is 0 Å². The van der Waals surface area contributed by atoms with Crippen LogP contribution in [0.15, 0.2) is 52.3 Å². The molecule has 0 radical (unpaired) electrons. The van der Waals surface area contributed by atoms with Crippen LogP contribution in [-0.2, 0) is 27.9 Å². The molecule has 0 saturated carbocycles. The third-order valence-corrected chi connectivity index (χ3v) is 6.52. The molecule has 1 aromatic carbocycles. The van der Waals surface area contributed by atoms with Crippen LogP contribution in [-0.4, -0.2) is 43.4 Å². The highest BCUT2D eigenvalue weighted by atomic mass is 32.2. The highest BCUT2D eigenvalue weighted by Crippen LogP contribution is 2.20. The van der Waals surface area contributed by atoms with Gasteiger partial charge in [-0.15, -0.1) is 0 Å². The van der Waals surface area contributed by atoms with Crippen molar-refractivity contribution in [3.8, 4) is 5.75 Å². The second-order valence-electron chi connectivity index (χ2n) is 6.53. The zero-order chi connectivity index (χ0) is 20.1. The normalized spacial score (nSPS) is 14.8. The number of amides is 1. The fraction of sp³-hybridized carbons (Fsp3) is 0.368. The molecule has 3 rings (SSSR count). The lowest BCUT2D eigenvalue weighted by atomic mass is 10.2. The lowest BCUT2D eigenvalue weighted by Gasteiger charge is -2.16. The van der Waals surface area contributed by atoms with Crippen LogP contribution >= 0.6 is 0 Å². The number of ether oxygens (including phenoxy) is 1. The van der Waals surface area contributed by atoms with Crippen LogP contribution < -0.4 is 15.6 Å². The number of carbonyl (C=O) groups is 1. The first-order valence-electron chi connectivity index (χ1n) is 9.01. The molecule has 2 aromatic rings. The molecule has 0 spiro atoms. The lowest BCUT2D eigenvalue weighted by Crippen LogP contribution is -2.33. The molecule has 1 fully saturated rings. The van der Waals surface area contributed by atoms with Crippen LogP contribution in [0.3, 0.4) is 0 Å². The minimum absolute atomic E-state index is 0.0199. The maximum absolute atomic E-state index is 12.7. The first-order valence-corrected chi connectivity index (χ1v) is 10.4. The van der Waals surface area contributed by atoms with Gasteiger partial charge in [-0.2, -0.15) is 4.31 Å². The number of aromatic nitrogens is 1. The molecule has 150 valence electrons. The molecular formula is C19H23N3O5S. The summed E-state index contributed by atoms with van der Waals surface area (Å²) in [5.41, 5.74) is 0.365. The summed E-state index contributed by atoms with van der Waals surface area (Å²) in [4.78, 5) is 24.4. The Hall–Kier alpha value is -2.65. The maximum Gasteiger partial charge on any atom is 0.251 e. The Labute approximate surface area is 163 Å². The zero-order valence-electron chi connectivity index (χ0n) is 15.6. The smallest absolute Gasteiger partial charge is 0.251 e. The van der Waals surface area contributed by atoms with Crippen molar-refractivity contribution in [1.82, 2.24) is 14.2 Å². The molecule has 0 aliphatic carbocycles. The van der Waals surface area contributed by atoms with Crippen molar-refractivity contribution in [2.75, 3.05) is 20.2 Å². The number of methoxy groups -OCH3 is 1. The molecule has 1 N–H and O–H groups in total. The summed E-state index contributed by atoms with van der Waals surface area (Å²) in [5, 5.41) is 2.72. The van der Waals surface area contributed by atoms with E-state index in [1.165, 1.54) is 22.6 Å². The van der Waals surface area contributed by atoms with Crippen molar-refractivity contribution in [2.45, 2.75) is 30.8 Å². The van der Waals surface area contributed by atoms with Crippen molar-refractivity contribution >= 4 is 15.9 Å². The Morgan fingerprint density at radius 3 is 2.57 bits per heavy atom. The highest BCUT2D eigenvalue weighted by Gasteiger charge is 2.27. The van der Waals surface area contributed by atoms with Gasteiger partial charge >= 0.3 is 0 Å². The second kappa shape index (κ2) is 8.57. The monoisotopic (exact) mass is 405 g/mol. The van der Waals surface area contributed by atoms with E-state index in [0.717, 1.165) is 23.0 Å². The van der Waals surface area contributed by atoms with Gasteiger partial charge in [-0.3, -0.25) is 9.59 Å². The standard InChI is InChI=1S/C19H23N3O5S/c1-27-17-7-3-2-6-15(17)12-20-18(23)14-21-13-16(8-9-19(21)24)28(25,26)22-10-4-5-11-22/h2-3,6-9,13H,4-5,10-12,14H2,1H3,(H,20,23). The minimum Gasteiger partial charge on any atom is -0.496 e. The Morgan fingerprint density at radius 1 is 1.14 bits per heavy atom. The molecular weight excluding hydrogens is 382 g/mol. The molecule has 1 aliphatic rings. The van der Waals surface area contributed by atoms with E-state index in [2.05, 4.69) is 5.32 Å². The van der Waals surface area contributed by atoms with E-state index < -0.39 is 21.5 Å². The van der Waals surface area contributed by atoms with Gasteiger partial charge < -0.3 is 14.6 Å². The van der Waals surface area contributed by atoms with Gasteiger partial charge in [0.2, 0.25) is 15.9 Å². The van der Waals surface area contributed by atoms with Crippen LogP contribution in [0.1, 0.15) is 18.4 Å². The number of rotatable bonds is 7. The Bertz CT molecular complexity index is 1010. The summed E-state index contributed by atoms with van der Waals surface area (Å²) in [5.74, 6) is 0.252. The van der Waals surface area contributed by atoms with E-state index in [9.17, 15) is 18.0 Å². The number of hydrogen-bond acceptors (Lipinski definition) is 5. The number of benzene rings is 1. The van der Waals surface area contributed by atoms with Gasteiger partial charge in [0.15, 0.2) is 0 Å². The predicted octanol–water partition coefficient (Wildman–Crippen LogP) is 0.958. The molecule has 0 unspecified atom stereocenters. The van der Waals surface area contributed by atoms with Gasteiger partial charge in [0, 0.05) is 37.5 Å². The Kier molecular flexibility index (Phi) is 6.15. The van der Waals surface area contributed by atoms with Crippen LogP contribution in [0.5, 0.6) is 5.75 Å². The maximum atomic E-state index is 12.7. The molecule has 0 atom stereocenters. The summed E-state index contributed by atoms with van der Waals surface area (Å²) in [7, 11) is -2.10. The van der Waals surface area contributed by atoms with E-state index in [-0.39, 0.29) is 18.0 Å². The molecule has 0 bridgehead atoms. The third kappa shape index (κ3) is 4.42. The van der Waals surface area contributed by atoms with Crippen molar-refractivity contribution < 1.29 is 17.9 Å². The number of nitrogens with zero attached hydrogens (tertiary/aromatic N) is 2. The average Bonchev–Trinajstić information content (AvgIpc) is 3.24. The molecule has 1 aromatic heterocycles. The minimum atomic E-state index is -3.65. The highest BCUT2D eigenvalue weighted by molar-refractivity contribution is 7.89. The number of para-hydroxylation sites is 1. The van der Waals surface area contributed by atoms with Gasteiger partial charge in [0.25, 0.3) is 5.56 Å². The predicted molar refractivity (Wildman–Crippen MR) is 104 cm³/mol. The SMILES string of the molecule is COc1ccccc1CNC(=O)Cn1cc(S(=O)(=O)N2CCCC2)ccc1=O. The quantitative estimate of drug-likeness (QED) is 0.740. The Morgan fingerprint density at radius 2 is 1.86 bits per heavy atom. The van der Waals surface area contributed by atoms with Gasteiger partial charge in [-0.25, -0.2) is 8.42 Å².